The predicted octanol–water partition coefficient (Wildman–Crippen LogP) is 3.41. The summed E-state index contributed by atoms with van der Waals surface area (Å²) < 4.78 is 0. The number of nitrogens with zero attached hydrogens (tertiary/aromatic N) is 2. The number of amides is 3. The summed E-state index contributed by atoms with van der Waals surface area (Å²) in [7, 11) is 0. The Morgan fingerprint density at radius 1 is 1.14 bits per heavy atom. The number of hydrogen-bond donors (Lipinski definition) is 1. The molecule has 152 valence electrons. The van der Waals surface area contributed by atoms with Crippen molar-refractivity contribution < 1.29 is 14.4 Å². The number of carbonyl (C=O) groups is 3. The standard InChI is InChI=1S/C21H28ClN3O3/c1-13-9-14(2)12-24(11-13)21(28)17-10-16(22)6-7-18(17)23-20(27)19-5-4-8-25(19)15(3)26/h6-7,10,13-14,19H,4-5,8-9,11-12H2,1-3H3,(H,23,27)/t13-,14+,19?. The van der Waals surface area contributed by atoms with Gasteiger partial charge in [0, 0.05) is 31.6 Å². The van der Waals surface area contributed by atoms with Gasteiger partial charge in [-0.25, -0.2) is 0 Å². The number of benzene rings is 1. The van der Waals surface area contributed by atoms with Crippen molar-refractivity contribution in [2.24, 2.45) is 11.8 Å². The van der Waals surface area contributed by atoms with Crippen LogP contribution in [0.3, 0.4) is 0 Å². The predicted molar refractivity (Wildman–Crippen MR) is 109 cm³/mol. The van der Waals surface area contributed by atoms with Crippen LogP contribution in [0.4, 0.5) is 5.69 Å². The number of carbonyl (C=O) groups excluding carboxylic acids is 3. The van der Waals surface area contributed by atoms with Gasteiger partial charge in [0.25, 0.3) is 5.91 Å². The number of nitrogens with one attached hydrogen (secondary N) is 1. The summed E-state index contributed by atoms with van der Waals surface area (Å²) >= 11 is 6.15. The van der Waals surface area contributed by atoms with Crippen molar-refractivity contribution in [1.29, 1.82) is 0 Å². The smallest absolute Gasteiger partial charge is 0.256 e. The Balaban J connectivity index is 1.82. The lowest BCUT2D eigenvalue weighted by atomic mass is 9.91. The SMILES string of the molecule is CC(=O)N1CCCC1C(=O)Nc1ccc(Cl)cc1C(=O)N1C[C@H](C)C[C@H](C)C1. The van der Waals surface area contributed by atoms with Crippen molar-refractivity contribution in [1.82, 2.24) is 9.80 Å². The molecular formula is C21H28ClN3O3. The van der Waals surface area contributed by atoms with Crippen molar-refractivity contribution in [2.45, 2.75) is 46.1 Å². The van der Waals surface area contributed by atoms with Crippen molar-refractivity contribution in [3.8, 4) is 0 Å². The molecular weight excluding hydrogens is 378 g/mol. The van der Waals surface area contributed by atoms with E-state index < -0.39 is 6.04 Å². The normalized spacial score (nSPS) is 24.9. The van der Waals surface area contributed by atoms with Crippen LogP contribution in [-0.4, -0.2) is 53.2 Å². The van der Waals surface area contributed by atoms with E-state index in [0.29, 0.717) is 54.2 Å². The van der Waals surface area contributed by atoms with Crippen LogP contribution in [0.5, 0.6) is 0 Å². The minimum atomic E-state index is -0.494. The highest BCUT2D eigenvalue weighted by atomic mass is 35.5. The van der Waals surface area contributed by atoms with Gasteiger partial charge in [-0.05, 0) is 49.3 Å². The maximum Gasteiger partial charge on any atom is 0.256 e. The molecule has 0 saturated carbocycles. The van der Waals surface area contributed by atoms with E-state index in [1.165, 1.54) is 6.92 Å². The fourth-order valence-electron chi connectivity index (χ4n) is 4.43. The molecule has 1 aromatic rings. The average Bonchev–Trinajstić information content (AvgIpc) is 3.12. The molecule has 0 spiro atoms. The van der Waals surface area contributed by atoms with Crippen LogP contribution < -0.4 is 5.32 Å². The molecule has 2 aliphatic heterocycles. The number of piperidine rings is 1. The molecule has 1 N–H and O–H groups in total. The molecule has 3 atom stereocenters. The zero-order chi connectivity index (χ0) is 20.4. The molecule has 0 aromatic heterocycles. The fourth-order valence-corrected chi connectivity index (χ4v) is 4.61. The summed E-state index contributed by atoms with van der Waals surface area (Å²) in [6.07, 6.45) is 2.53. The Bertz CT molecular complexity index is 772. The first-order valence-corrected chi connectivity index (χ1v) is 10.3. The first-order valence-electron chi connectivity index (χ1n) is 9.93. The van der Waals surface area contributed by atoms with Crippen LogP contribution >= 0.6 is 11.6 Å². The monoisotopic (exact) mass is 405 g/mol. The Labute approximate surface area is 171 Å². The summed E-state index contributed by atoms with van der Waals surface area (Å²) in [5, 5.41) is 3.32. The fraction of sp³-hybridized carbons (Fsp3) is 0.571. The molecule has 2 saturated heterocycles. The summed E-state index contributed by atoms with van der Waals surface area (Å²) in [6.45, 7) is 7.75. The second kappa shape index (κ2) is 8.52. The van der Waals surface area contributed by atoms with E-state index in [1.54, 1.807) is 23.1 Å². The quantitative estimate of drug-likeness (QED) is 0.837. The molecule has 7 heteroatoms. The van der Waals surface area contributed by atoms with Crippen LogP contribution in [0, 0.1) is 11.8 Å². The van der Waals surface area contributed by atoms with Gasteiger partial charge in [0.1, 0.15) is 6.04 Å². The van der Waals surface area contributed by atoms with Gasteiger partial charge in [-0.1, -0.05) is 25.4 Å². The third kappa shape index (κ3) is 4.49. The highest BCUT2D eigenvalue weighted by Gasteiger charge is 2.33. The first-order chi connectivity index (χ1) is 13.3. The van der Waals surface area contributed by atoms with Crippen LogP contribution in [0.2, 0.25) is 5.02 Å². The summed E-state index contributed by atoms with van der Waals surface area (Å²) in [4.78, 5) is 41.2. The van der Waals surface area contributed by atoms with Gasteiger partial charge < -0.3 is 15.1 Å². The number of anilines is 1. The first kappa shape index (κ1) is 20.6. The van der Waals surface area contributed by atoms with Gasteiger partial charge in [-0.2, -0.15) is 0 Å². The molecule has 3 rings (SSSR count). The van der Waals surface area contributed by atoms with Gasteiger partial charge in [-0.15, -0.1) is 0 Å². The molecule has 0 radical (unpaired) electrons. The van der Waals surface area contributed by atoms with Crippen molar-refractivity contribution >= 4 is 35.0 Å². The van der Waals surface area contributed by atoms with Gasteiger partial charge >= 0.3 is 0 Å². The van der Waals surface area contributed by atoms with Gasteiger partial charge in [-0.3, -0.25) is 14.4 Å². The van der Waals surface area contributed by atoms with Crippen molar-refractivity contribution in [3.05, 3.63) is 28.8 Å². The second-order valence-electron chi connectivity index (χ2n) is 8.21. The summed E-state index contributed by atoms with van der Waals surface area (Å²) in [5.74, 6) is 0.386. The van der Waals surface area contributed by atoms with Crippen LogP contribution in [0.1, 0.15) is 50.4 Å². The van der Waals surface area contributed by atoms with Gasteiger partial charge in [0.2, 0.25) is 11.8 Å². The molecule has 2 fully saturated rings. The van der Waals surface area contributed by atoms with E-state index >= 15 is 0 Å². The Morgan fingerprint density at radius 2 is 1.82 bits per heavy atom. The minimum absolute atomic E-state index is 0.110. The number of halogens is 1. The molecule has 0 bridgehead atoms. The Kier molecular flexibility index (Phi) is 6.28. The zero-order valence-electron chi connectivity index (χ0n) is 16.7. The molecule has 1 unspecified atom stereocenters. The molecule has 3 amide bonds. The van der Waals surface area contributed by atoms with Crippen molar-refractivity contribution in [3.63, 3.8) is 0 Å². The molecule has 2 aliphatic rings. The van der Waals surface area contributed by atoms with E-state index in [1.807, 2.05) is 4.90 Å². The van der Waals surface area contributed by atoms with Gasteiger partial charge in [0.05, 0.1) is 11.3 Å². The molecule has 1 aromatic carbocycles. The highest BCUT2D eigenvalue weighted by Crippen LogP contribution is 2.28. The summed E-state index contributed by atoms with van der Waals surface area (Å²) in [6, 6.07) is 4.44. The number of hydrogen-bond acceptors (Lipinski definition) is 3. The molecule has 0 aliphatic carbocycles. The Hall–Kier alpha value is -2.08. The van der Waals surface area contributed by atoms with Crippen LogP contribution in [0.15, 0.2) is 18.2 Å². The maximum atomic E-state index is 13.2. The molecule has 6 nitrogen and oxygen atoms in total. The third-order valence-corrected chi connectivity index (χ3v) is 5.82. The lowest BCUT2D eigenvalue weighted by Gasteiger charge is -2.35. The Morgan fingerprint density at radius 3 is 2.46 bits per heavy atom. The molecule has 28 heavy (non-hydrogen) atoms. The highest BCUT2D eigenvalue weighted by molar-refractivity contribution is 6.31. The average molecular weight is 406 g/mol. The van der Waals surface area contributed by atoms with E-state index in [2.05, 4.69) is 19.2 Å². The lowest BCUT2D eigenvalue weighted by molar-refractivity contribution is -0.134. The maximum absolute atomic E-state index is 13.2. The van der Waals surface area contributed by atoms with E-state index in [0.717, 1.165) is 12.8 Å². The summed E-state index contributed by atoms with van der Waals surface area (Å²) in [5.41, 5.74) is 0.843. The largest absolute Gasteiger partial charge is 0.338 e. The van der Waals surface area contributed by atoms with E-state index in [4.69, 9.17) is 11.6 Å². The topological polar surface area (TPSA) is 69.7 Å². The minimum Gasteiger partial charge on any atom is -0.338 e. The van der Waals surface area contributed by atoms with Gasteiger partial charge in [0.15, 0.2) is 0 Å². The van der Waals surface area contributed by atoms with Crippen molar-refractivity contribution in [2.75, 3.05) is 25.0 Å². The van der Waals surface area contributed by atoms with Crippen LogP contribution in [-0.2, 0) is 9.59 Å². The zero-order valence-corrected chi connectivity index (χ0v) is 17.5. The third-order valence-electron chi connectivity index (χ3n) is 5.59. The number of likely N-dealkylation sites (tertiary alicyclic amines) is 2. The van der Waals surface area contributed by atoms with Crippen LogP contribution in [0.25, 0.3) is 0 Å². The lowest BCUT2D eigenvalue weighted by Crippen LogP contribution is -2.44. The molecule has 2 heterocycles. The van der Waals surface area contributed by atoms with E-state index in [-0.39, 0.29) is 17.7 Å². The second-order valence-corrected chi connectivity index (χ2v) is 8.64. The van der Waals surface area contributed by atoms with E-state index in [9.17, 15) is 14.4 Å². The number of rotatable bonds is 3.